The van der Waals surface area contributed by atoms with Crippen LogP contribution >= 0.6 is 0 Å². The normalized spacial score (nSPS) is 21.6. The Morgan fingerprint density at radius 3 is 2.45 bits per heavy atom. The first-order chi connectivity index (χ1) is 10.7. The Kier molecular flexibility index (Phi) is 5.66. The molecule has 0 unspecified atom stereocenters. The van der Waals surface area contributed by atoms with Crippen molar-refractivity contribution in [1.29, 1.82) is 5.26 Å². The van der Waals surface area contributed by atoms with Crippen molar-refractivity contribution in [3.8, 4) is 11.8 Å². The van der Waals surface area contributed by atoms with E-state index in [2.05, 4.69) is 44.2 Å². The van der Waals surface area contributed by atoms with Crippen molar-refractivity contribution >= 4 is 0 Å². The van der Waals surface area contributed by atoms with Crippen LogP contribution in [-0.4, -0.2) is 7.11 Å². The molecule has 0 saturated heterocycles. The third kappa shape index (κ3) is 3.04. The molecule has 1 aromatic rings. The standard InChI is InChI=1S/C20H27NO/c1-4-19(16-9-7-6-8-10-16)20(5-2,15-21)17-11-13-18(22-3)14-12-17/h6-7,11-14,16,19H,4-5,8-10H2,1-3H3/t16-,19+,20-/m0/s1. The van der Waals surface area contributed by atoms with Crippen LogP contribution in [0.3, 0.4) is 0 Å². The lowest BCUT2D eigenvalue weighted by molar-refractivity contribution is 0.201. The molecular formula is C20H27NO. The maximum Gasteiger partial charge on any atom is 0.118 e. The molecule has 0 heterocycles. The number of hydrogen-bond acceptors (Lipinski definition) is 2. The second-order valence-electron chi connectivity index (χ2n) is 6.22. The smallest absolute Gasteiger partial charge is 0.118 e. The van der Waals surface area contributed by atoms with Crippen molar-refractivity contribution in [3.63, 3.8) is 0 Å². The SMILES string of the molecule is CC[C@H]([C@H]1CC=CCC1)[C@](C#N)(CC)c1ccc(OC)cc1. The summed E-state index contributed by atoms with van der Waals surface area (Å²) in [5.74, 6) is 1.86. The Hall–Kier alpha value is -1.75. The van der Waals surface area contributed by atoms with Gasteiger partial charge >= 0.3 is 0 Å². The largest absolute Gasteiger partial charge is 0.497 e. The second-order valence-corrected chi connectivity index (χ2v) is 6.22. The van der Waals surface area contributed by atoms with Gasteiger partial charge in [0.05, 0.1) is 18.6 Å². The summed E-state index contributed by atoms with van der Waals surface area (Å²) in [6, 6.07) is 10.8. The van der Waals surface area contributed by atoms with E-state index in [1.807, 2.05) is 12.1 Å². The first-order valence-electron chi connectivity index (χ1n) is 8.42. The maximum absolute atomic E-state index is 10.1. The molecule has 0 amide bonds. The van der Waals surface area contributed by atoms with Crippen molar-refractivity contribution in [3.05, 3.63) is 42.0 Å². The van der Waals surface area contributed by atoms with E-state index < -0.39 is 5.41 Å². The zero-order valence-corrected chi connectivity index (χ0v) is 14.0. The Labute approximate surface area is 134 Å². The van der Waals surface area contributed by atoms with Gasteiger partial charge in [-0.15, -0.1) is 0 Å². The fourth-order valence-corrected chi connectivity index (χ4v) is 4.06. The van der Waals surface area contributed by atoms with Crippen LogP contribution in [0.2, 0.25) is 0 Å². The lowest BCUT2D eigenvalue weighted by Gasteiger charge is -2.40. The zero-order valence-electron chi connectivity index (χ0n) is 14.0. The summed E-state index contributed by atoms with van der Waals surface area (Å²) in [6.45, 7) is 4.38. The molecule has 1 aliphatic rings. The number of allylic oxidation sites excluding steroid dienone is 2. The number of nitriles is 1. The zero-order chi connectivity index (χ0) is 16.0. The Morgan fingerprint density at radius 1 is 1.27 bits per heavy atom. The van der Waals surface area contributed by atoms with E-state index in [1.165, 1.54) is 6.42 Å². The number of rotatable bonds is 6. The third-order valence-corrected chi connectivity index (χ3v) is 5.31. The minimum absolute atomic E-state index is 0.392. The van der Waals surface area contributed by atoms with Gasteiger partial charge in [-0.25, -0.2) is 0 Å². The Bertz CT molecular complexity index is 540. The summed E-state index contributed by atoms with van der Waals surface area (Å²) in [4.78, 5) is 0. The molecule has 22 heavy (non-hydrogen) atoms. The van der Waals surface area contributed by atoms with E-state index in [4.69, 9.17) is 4.74 Å². The molecule has 2 heteroatoms. The molecule has 0 spiro atoms. The molecule has 2 rings (SSSR count). The third-order valence-electron chi connectivity index (χ3n) is 5.31. The van der Waals surface area contributed by atoms with Crippen LogP contribution in [0.1, 0.15) is 51.5 Å². The first kappa shape index (κ1) is 16.6. The molecule has 118 valence electrons. The topological polar surface area (TPSA) is 33.0 Å². The summed E-state index contributed by atoms with van der Waals surface area (Å²) in [5, 5.41) is 10.1. The summed E-state index contributed by atoms with van der Waals surface area (Å²) < 4.78 is 5.26. The molecular weight excluding hydrogens is 270 g/mol. The maximum atomic E-state index is 10.1. The highest BCUT2D eigenvalue weighted by molar-refractivity contribution is 5.38. The predicted octanol–water partition coefficient (Wildman–Crippen LogP) is 5.25. The van der Waals surface area contributed by atoms with Gasteiger partial charge in [0.1, 0.15) is 5.75 Å². The van der Waals surface area contributed by atoms with Crippen molar-refractivity contribution in [1.82, 2.24) is 0 Å². The van der Waals surface area contributed by atoms with E-state index >= 15 is 0 Å². The van der Waals surface area contributed by atoms with Crippen LogP contribution in [0, 0.1) is 23.2 Å². The van der Waals surface area contributed by atoms with Crippen LogP contribution in [0.4, 0.5) is 0 Å². The first-order valence-corrected chi connectivity index (χ1v) is 8.42. The van der Waals surface area contributed by atoms with Gasteiger partial charge in [0.2, 0.25) is 0 Å². The van der Waals surface area contributed by atoms with E-state index in [0.29, 0.717) is 11.8 Å². The number of methoxy groups -OCH3 is 1. The van der Waals surface area contributed by atoms with Gasteiger partial charge in [-0.3, -0.25) is 0 Å². The van der Waals surface area contributed by atoms with Gasteiger partial charge in [0.15, 0.2) is 0 Å². The van der Waals surface area contributed by atoms with Crippen LogP contribution < -0.4 is 4.74 Å². The molecule has 2 nitrogen and oxygen atoms in total. The number of nitrogens with zero attached hydrogens (tertiary/aromatic N) is 1. The fourth-order valence-electron chi connectivity index (χ4n) is 4.06. The molecule has 0 N–H and O–H groups in total. The second kappa shape index (κ2) is 7.49. The molecule has 0 bridgehead atoms. The highest BCUT2D eigenvalue weighted by Crippen LogP contribution is 2.45. The van der Waals surface area contributed by atoms with Gasteiger partial charge in [-0.2, -0.15) is 5.26 Å². The van der Waals surface area contributed by atoms with Gasteiger partial charge in [0, 0.05) is 0 Å². The summed E-state index contributed by atoms with van der Waals surface area (Å²) >= 11 is 0. The molecule has 0 saturated carbocycles. The molecule has 1 aliphatic carbocycles. The molecule has 0 aromatic heterocycles. The molecule has 0 aliphatic heterocycles. The van der Waals surface area contributed by atoms with E-state index in [0.717, 1.165) is 37.0 Å². The van der Waals surface area contributed by atoms with Crippen molar-refractivity contribution in [2.24, 2.45) is 11.8 Å². The monoisotopic (exact) mass is 297 g/mol. The van der Waals surface area contributed by atoms with Crippen LogP contribution in [-0.2, 0) is 5.41 Å². The van der Waals surface area contributed by atoms with Gasteiger partial charge in [-0.1, -0.05) is 44.6 Å². The molecule has 3 atom stereocenters. The lowest BCUT2D eigenvalue weighted by atomic mass is 9.62. The minimum atomic E-state index is -0.392. The Morgan fingerprint density at radius 2 is 2.00 bits per heavy atom. The molecule has 0 radical (unpaired) electrons. The number of ether oxygens (including phenoxy) is 1. The summed E-state index contributed by atoms with van der Waals surface area (Å²) in [6.07, 6.45) is 9.93. The number of benzene rings is 1. The quantitative estimate of drug-likeness (QED) is 0.672. The molecule has 0 fully saturated rings. The van der Waals surface area contributed by atoms with Crippen molar-refractivity contribution in [2.75, 3.05) is 7.11 Å². The van der Waals surface area contributed by atoms with Crippen LogP contribution in [0.25, 0.3) is 0 Å². The van der Waals surface area contributed by atoms with Crippen molar-refractivity contribution < 1.29 is 4.74 Å². The number of hydrogen-bond donors (Lipinski definition) is 0. The van der Waals surface area contributed by atoms with Crippen molar-refractivity contribution in [2.45, 2.75) is 51.4 Å². The van der Waals surface area contributed by atoms with E-state index in [9.17, 15) is 5.26 Å². The van der Waals surface area contributed by atoms with Crippen LogP contribution in [0.15, 0.2) is 36.4 Å². The summed E-state index contributed by atoms with van der Waals surface area (Å²) in [5.41, 5.74) is 0.747. The average molecular weight is 297 g/mol. The minimum Gasteiger partial charge on any atom is -0.497 e. The highest BCUT2D eigenvalue weighted by Gasteiger charge is 2.42. The predicted molar refractivity (Wildman–Crippen MR) is 90.8 cm³/mol. The Balaban J connectivity index is 2.40. The molecule has 1 aromatic carbocycles. The van der Waals surface area contributed by atoms with Crippen LogP contribution in [0.5, 0.6) is 5.75 Å². The summed E-state index contributed by atoms with van der Waals surface area (Å²) in [7, 11) is 1.68. The van der Waals surface area contributed by atoms with Gasteiger partial charge in [-0.05, 0) is 55.2 Å². The van der Waals surface area contributed by atoms with E-state index in [1.54, 1.807) is 7.11 Å². The highest BCUT2D eigenvalue weighted by atomic mass is 16.5. The fraction of sp³-hybridized carbons (Fsp3) is 0.550. The van der Waals surface area contributed by atoms with Gasteiger partial charge in [0.25, 0.3) is 0 Å². The van der Waals surface area contributed by atoms with E-state index in [-0.39, 0.29) is 0 Å². The lowest BCUT2D eigenvalue weighted by Crippen LogP contribution is -2.38. The average Bonchev–Trinajstić information content (AvgIpc) is 2.60. The van der Waals surface area contributed by atoms with Gasteiger partial charge < -0.3 is 4.74 Å².